The topological polar surface area (TPSA) is 79.6 Å². The molecule has 0 unspecified atom stereocenters. The number of hydrogen-bond donors (Lipinski definition) is 1. The summed E-state index contributed by atoms with van der Waals surface area (Å²) < 4.78 is 0. The van der Waals surface area contributed by atoms with E-state index in [4.69, 9.17) is 5.11 Å². The van der Waals surface area contributed by atoms with Gasteiger partial charge in [-0.05, 0) is 29.4 Å². The van der Waals surface area contributed by atoms with Crippen LogP contribution in [-0.4, -0.2) is 16.1 Å². The number of benzene rings is 2. The predicted octanol–water partition coefficient (Wildman–Crippen LogP) is 4.57. The number of aromatic nitrogens is 1. The number of carboxylic acid groups (broad SMARTS) is 1. The minimum absolute atomic E-state index is 0.232. The van der Waals surface area contributed by atoms with E-state index in [2.05, 4.69) is 10.2 Å². The lowest BCUT2D eigenvalue weighted by Crippen LogP contribution is -1.95. The van der Waals surface area contributed by atoms with Crippen LogP contribution in [0.5, 0.6) is 0 Å². The van der Waals surface area contributed by atoms with Gasteiger partial charge in [0, 0.05) is 16.5 Å². The molecular weight excluding hydrogens is 300 g/mol. The van der Waals surface area contributed by atoms with Gasteiger partial charge >= 0.3 is 5.97 Å². The van der Waals surface area contributed by atoms with Crippen LogP contribution in [0.1, 0.15) is 10.4 Å². The molecule has 0 saturated heterocycles. The molecule has 1 heterocycles. The van der Waals surface area contributed by atoms with Crippen molar-refractivity contribution >= 4 is 23.0 Å². The molecule has 0 atom stereocenters. The van der Waals surface area contributed by atoms with Gasteiger partial charge in [-0.25, -0.2) is 9.78 Å². The van der Waals surface area contributed by atoms with E-state index < -0.39 is 5.97 Å². The lowest BCUT2D eigenvalue weighted by Gasteiger charge is -1.99. The van der Waals surface area contributed by atoms with E-state index in [0.29, 0.717) is 5.69 Å². The molecule has 1 aromatic heterocycles. The van der Waals surface area contributed by atoms with Crippen LogP contribution in [-0.2, 0) is 0 Å². The Morgan fingerprint density at radius 2 is 1.86 bits per heavy atom. The number of nitroso groups, excluding NO2 is 1. The first kappa shape index (κ1) is 14.1. The molecule has 0 spiro atoms. The van der Waals surface area contributed by atoms with Crippen LogP contribution in [0.3, 0.4) is 0 Å². The molecule has 3 aromatic rings. The number of hydrogen-bond acceptors (Lipinski definition) is 5. The zero-order chi connectivity index (χ0) is 15.5. The molecular formula is C16H10N2O3S. The van der Waals surface area contributed by atoms with Crippen molar-refractivity contribution in [2.75, 3.05) is 0 Å². The zero-order valence-electron chi connectivity index (χ0n) is 11.3. The fourth-order valence-electron chi connectivity index (χ4n) is 2.02. The molecule has 0 aliphatic carbocycles. The highest BCUT2D eigenvalue weighted by atomic mass is 32.1. The number of nitrogens with zero attached hydrogens (tertiary/aromatic N) is 2. The van der Waals surface area contributed by atoms with Crippen LogP contribution in [0.25, 0.3) is 21.8 Å². The van der Waals surface area contributed by atoms with Gasteiger partial charge in [0.15, 0.2) is 0 Å². The third-order valence-corrected chi connectivity index (χ3v) is 4.02. The fraction of sp³-hybridized carbons (Fsp3) is 0. The van der Waals surface area contributed by atoms with Crippen LogP contribution in [0, 0.1) is 4.91 Å². The molecule has 108 valence electrons. The fourth-order valence-corrected chi connectivity index (χ4v) is 2.84. The predicted molar refractivity (Wildman–Crippen MR) is 85.4 cm³/mol. The summed E-state index contributed by atoms with van der Waals surface area (Å²) in [5.41, 5.74) is 3.02. The summed E-state index contributed by atoms with van der Waals surface area (Å²) in [6.45, 7) is 0. The Balaban J connectivity index is 1.94. The maximum absolute atomic E-state index is 11.0. The van der Waals surface area contributed by atoms with Gasteiger partial charge in [0.25, 0.3) is 0 Å². The van der Waals surface area contributed by atoms with Gasteiger partial charge in [-0.2, -0.15) is 0 Å². The molecule has 0 fully saturated rings. The first-order valence-electron chi connectivity index (χ1n) is 6.40. The zero-order valence-corrected chi connectivity index (χ0v) is 12.1. The number of rotatable bonds is 4. The van der Waals surface area contributed by atoms with Gasteiger partial charge in [-0.3, -0.25) is 0 Å². The van der Waals surface area contributed by atoms with Crippen LogP contribution in [0.4, 0.5) is 5.69 Å². The quantitative estimate of drug-likeness (QED) is 0.716. The molecule has 3 rings (SSSR count). The van der Waals surface area contributed by atoms with E-state index in [1.54, 1.807) is 42.5 Å². The standard InChI is InChI=1S/C16H10N2O3S/c19-16(20)12-3-1-2-11(8-12)15-17-14(9-22-15)10-4-6-13(18-21)7-5-10/h1-9H,(H,19,20). The summed E-state index contributed by atoms with van der Waals surface area (Å²) >= 11 is 1.44. The lowest BCUT2D eigenvalue weighted by molar-refractivity contribution is 0.0697. The van der Waals surface area contributed by atoms with Crippen LogP contribution < -0.4 is 0 Å². The average molecular weight is 310 g/mol. The Morgan fingerprint density at radius 3 is 2.55 bits per heavy atom. The number of carbonyl (C=O) groups is 1. The van der Waals surface area contributed by atoms with Gasteiger partial charge in [-0.15, -0.1) is 16.2 Å². The van der Waals surface area contributed by atoms with E-state index in [1.807, 2.05) is 11.4 Å². The van der Waals surface area contributed by atoms with Crippen molar-refractivity contribution in [2.45, 2.75) is 0 Å². The summed E-state index contributed by atoms with van der Waals surface area (Å²) in [6.07, 6.45) is 0. The molecule has 2 aromatic carbocycles. The van der Waals surface area contributed by atoms with Crippen molar-refractivity contribution in [1.82, 2.24) is 4.98 Å². The molecule has 0 radical (unpaired) electrons. The smallest absolute Gasteiger partial charge is 0.335 e. The van der Waals surface area contributed by atoms with Gasteiger partial charge in [0.2, 0.25) is 0 Å². The van der Waals surface area contributed by atoms with E-state index >= 15 is 0 Å². The molecule has 22 heavy (non-hydrogen) atoms. The van der Waals surface area contributed by atoms with Crippen LogP contribution in [0.15, 0.2) is 59.1 Å². The first-order valence-corrected chi connectivity index (χ1v) is 7.28. The Hall–Kier alpha value is -2.86. The average Bonchev–Trinajstić information content (AvgIpc) is 3.05. The van der Waals surface area contributed by atoms with Crippen molar-refractivity contribution < 1.29 is 9.90 Å². The first-order chi connectivity index (χ1) is 10.7. The summed E-state index contributed by atoms with van der Waals surface area (Å²) in [7, 11) is 0. The molecule has 1 N–H and O–H groups in total. The van der Waals surface area contributed by atoms with Crippen LogP contribution >= 0.6 is 11.3 Å². The highest BCUT2D eigenvalue weighted by Crippen LogP contribution is 2.30. The van der Waals surface area contributed by atoms with Crippen molar-refractivity contribution in [3.05, 3.63) is 64.4 Å². The highest BCUT2D eigenvalue weighted by molar-refractivity contribution is 7.13. The molecule has 5 nitrogen and oxygen atoms in total. The number of aromatic carboxylic acids is 1. The van der Waals surface area contributed by atoms with Gasteiger partial charge in [-0.1, -0.05) is 24.3 Å². The largest absolute Gasteiger partial charge is 0.478 e. The minimum Gasteiger partial charge on any atom is -0.478 e. The molecule has 0 amide bonds. The van der Waals surface area contributed by atoms with E-state index in [-0.39, 0.29) is 5.56 Å². The minimum atomic E-state index is -0.962. The number of carboxylic acids is 1. The van der Waals surface area contributed by atoms with Gasteiger partial charge in [0.1, 0.15) is 10.7 Å². The maximum atomic E-state index is 11.0. The van der Waals surface area contributed by atoms with Gasteiger partial charge < -0.3 is 5.11 Å². The molecule has 0 aliphatic rings. The Bertz CT molecular complexity index is 841. The second-order valence-corrected chi connectivity index (χ2v) is 5.42. The van der Waals surface area contributed by atoms with E-state index in [1.165, 1.54) is 11.3 Å². The lowest BCUT2D eigenvalue weighted by atomic mass is 10.1. The SMILES string of the molecule is O=Nc1ccc(-c2csc(-c3cccc(C(=O)O)c3)n2)cc1. The van der Waals surface area contributed by atoms with E-state index in [0.717, 1.165) is 21.8 Å². The summed E-state index contributed by atoms with van der Waals surface area (Å²) in [4.78, 5) is 26.0. The van der Waals surface area contributed by atoms with Crippen molar-refractivity contribution in [1.29, 1.82) is 0 Å². The molecule has 0 saturated carbocycles. The normalized spacial score (nSPS) is 10.4. The van der Waals surface area contributed by atoms with Crippen LogP contribution in [0.2, 0.25) is 0 Å². The summed E-state index contributed by atoms with van der Waals surface area (Å²) in [6, 6.07) is 13.5. The highest BCUT2D eigenvalue weighted by Gasteiger charge is 2.09. The second-order valence-electron chi connectivity index (χ2n) is 4.56. The Morgan fingerprint density at radius 1 is 1.09 bits per heavy atom. The Kier molecular flexibility index (Phi) is 3.76. The van der Waals surface area contributed by atoms with Crippen molar-refractivity contribution in [3.63, 3.8) is 0 Å². The molecule has 0 bridgehead atoms. The molecule has 6 heteroatoms. The third kappa shape index (κ3) is 2.77. The van der Waals surface area contributed by atoms with Crippen molar-refractivity contribution in [2.24, 2.45) is 5.18 Å². The summed E-state index contributed by atoms with van der Waals surface area (Å²) in [5, 5.41) is 14.5. The monoisotopic (exact) mass is 310 g/mol. The van der Waals surface area contributed by atoms with Crippen molar-refractivity contribution in [3.8, 4) is 21.8 Å². The second kappa shape index (κ2) is 5.87. The third-order valence-electron chi connectivity index (χ3n) is 3.13. The Labute approximate surface area is 129 Å². The molecule has 0 aliphatic heterocycles. The summed E-state index contributed by atoms with van der Waals surface area (Å²) in [5.74, 6) is -0.962. The maximum Gasteiger partial charge on any atom is 0.335 e. The van der Waals surface area contributed by atoms with Gasteiger partial charge in [0.05, 0.1) is 11.3 Å². The number of thiazole rings is 1. The van der Waals surface area contributed by atoms with E-state index in [9.17, 15) is 9.70 Å².